The Kier molecular flexibility index (Phi) is 7.66. The molecule has 0 aromatic heterocycles. The third-order valence-corrected chi connectivity index (χ3v) is 2.73. The summed E-state index contributed by atoms with van der Waals surface area (Å²) in [5.74, 6) is 6.02. The Bertz CT molecular complexity index is 244. The number of ether oxygens (including phenoxy) is 2. The zero-order chi connectivity index (χ0) is 13.2. The molecule has 18 heavy (non-hydrogen) atoms. The van der Waals surface area contributed by atoms with Crippen LogP contribution in [0.4, 0.5) is 0 Å². The van der Waals surface area contributed by atoms with E-state index in [4.69, 9.17) is 15.3 Å². The molecule has 7 heteroatoms. The van der Waals surface area contributed by atoms with Crippen LogP contribution in [0.25, 0.3) is 0 Å². The Labute approximate surface area is 109 Å². The average molecular weight is 259 g/mol. The summed E-state index contributed by atoms with van der Waals surface area (Å²) in [6.07, 6.45) is 0. The first-order chi connectivity index (χ1) is 8.76. The van der Waals surface area contributed by atoms with E-state index in [2.05, 4.69) is 20.6 Å². The van der Waals surface area contributed by atoms with Crippen molar-refractivity contribution in [1.29, 1.82) is 0 Å². The van der Waals surface area contributed by atoms with Crippen molar-refractivity contribution in [3.63, 3.8) is 0 Å². The first-order valence-electron chi connectivity index (χ1n) is 6.33. The van der Waals surface area contributed by atoms with Gasteiger partial charge in [-0.25, -0.2) is 5.84 Å². The standard InChI is InChI=1S/C11H25N5O2/c1-10(9-17-2)14-11(15-12)13-3-4-16-5-7-18-8-6-16/h10H,3-9,12H2,1-2H3,(H2,13,14,15). The van der Waals surface area contributed by atoms with E-state index in [0.29, 0.717) is 19.1 Å². The van der Waals surface area contributed by atoms with E-state index in [1.807, 2.05) is 6.92 Å². The van der Waals surface area contributed by atoms with Crippen LogP contribution in [0.15, 0.2) is 4.99 Å². The monoisotopic (exact) mass is 259 g/mol. The summed E-state index contributed by atoms with van der Waals surface area (Å²) < 4.78 is 10.3. The second-order valence-corrected chi connectivity index (χ2v) is 4.33. The van der Waals surface area contributed by atoms with E-state index >= 15 is 0 Å². The molecule has 1 saturated heterocycles. The SMILES string of the molecule is COCC(C)NC(=NCCN1CCOCC1)NN. The highest BCUT2D eigenvalue weighted by atomic mass is 16.5. The fourth-order valence-corrected chi connectivity index (χ4v) is 1.79. The number of nitrogens with one attached hydrogen (secondary N) is 2. The summed E-state index contributed by atoms with van der Waals surface area (Å²) in [6.45, 7) is 7.86. The van der Waals surface area contributed by atoms with Gasteiger partial charge in [0.25, 0.3) is 0 Å². The van der Waals surface area contributed by atoms with E-state index in [1.54, 1.807) is 7.11 Å². The molecular weight excluding hydrogens is 234 g/mol. The maximum absolute atomic E-state index is 5.42. The number of nitrogens with zero attached hydrogens (tertiary/aromatic N) is 2. The number of methoxy groups -OCH3 is 1. The summed E-state index contributed by atoms with van der Waals surface area (Å²) in [4.78, 5) is 6.72. The quantitative estimate of drug-likeness (QED) is 0.240. The number of hydrogen-bond donors (Lipinski definition) is 3. The molecule has 0 radical (unpaired) electrons. The summed E-state index contributed by atoms with van der Waals surface area (Å²) in [5.41, 5.74) is 2.57. The van der Waals surface area contributed by atoms with Crippen LogP contribution in [-0.4, -0.2) is 70.0 Å². The lowest BCUT2D eigenvalue weighted by Crippen LogP contribution is -2.47. The molecule has 0 aliphatic carbocycles. The van der Waals surface area contributed by atoms with Crippen LogP contribution in [0.5, 0.6) is 0 Å². The summed E-state index contributed by atoms with van der Waals surface area (Å²) in [5, 5.41) is 3.15. The van der Waals surface area contributed by atoms with Crippen molar-refractivity contribution in [2.45, 2.75) is 13.0 Å². The van der Waals surface area contributed by atoms with Crippen molar-refractivity contribution in [3.05, 3.63) is 0 Å². The van der Waals surface area contributed by atoms with Crippen molar-refractivity contribution in [1.82, 2.24) is 15.6 Å². The van der Waals surface area contributed by atoms with Gasteiger partial charge in [-0.15, -0.1) is 0 Å². The molecule has 0 saturated carbocycles. The molecule has 0 spiro atoms. The van der Waals surface area contributed by atoms with E-state index in [9.17, 15) is 0 Å². The molecule has 1 unspecified atom stereocenters. The van der Waals surface area contributed by atoms with Crippen LogP contribution in [-0.2, 0) is 9.47 Å². The van der Waals surface area contributed by atoms with Crippen LogP contribution in [0.2, 0.25) is 0 Å². The van der Waals surface area contributed by atoms with Crippen molar-refractivity contribution >= 4 is 5.96 Å². The lowest BCUT2D eigenvalue weighted by atomic mass is 10.4. The normalized spacial score (nSPS) is 19.6. The Balaban J connectivity index is 2.23. The maximum Gasteiger partial charge on any atom is 0.206 e. The molecule has 1 rings (SSSR count). The van der Waals surface area contributed by atoms with Gasteiger partial charge in [0, 0.05) is 32.8 Å². The Hall–Kier alpha value is -0.890. The molecule has 1 heterocycles. The highest BCUT2D eigenvalue weighted by Gasteiger charge is 2.09. The second-order valence-electron chi connectivity index (χ2n) is 4.33. The molecule has 1 aliphatic rings. The molecule has 7 nitrogen and oxygen atoms in total. The minimum atomic E-state index is 0.174. The van der Waals surface area contributed by atoms with Crippen molar-refractivity contribution in [2.24, 2.45) is 10.8 Å². The fourth-order valence-electron chi connectivity index (χ4n) is 1.79. The number of rotatable bonds is 6. The van der Waals surface area contributed by atoms with E-state index in [1.165, 1.54) is 0 Å². The first kappa shape index (κ1) is 15.2. The smallest absolute Gasteiger partial charge is 0.206 e. The predicted octanol–water partition coefficient (Wildman–Crippen LogP) is -1.24. The van der Waals surface area contributed by atoms with Crippen LogP contribution in [0.3, 0.4) is 0 Å². The maximum atomic E-state index is 5.42. The van der Waals surface area contributed by atoms with Gasteiger partial charge in [0.2, 0.25) is 5.96 Å². The average Bonchev–Trinajstić information content (AvgIpc) is 2.39. The summed E-state index contributed by atoms with van der Waals surface area (Å²) in [7, 11) is 1.67. The van der Waals surface area contributed by atoms with Gasteiger partial charge in [0.05, 0.1) is 26.4 Å². The number of aliphatic imine (C=N–C) groups is 1. The molecule has 0 aromatic rings. The lowest BCUT2D eigenvalue weighted by Gasteiger charge is -2.25. The molecule has 1 fully saturated rings. The third kappa shape index (κ3) is 6.15. The highest BCUT2D eigenvalue weighted by molar-refractivity contribution is 5.79. The van der Waals surface area contributed by atoms with Gasteiger partial charge < -0.3 is 14.8 Å². The molecular formula is C11H25N5O2. The van der Waals surface area contributed by atoms with Crippen LogP contribution in [0, 0.1) is 0 Å². The minimum absolute atomic E-state index is 0.174. The number of hydrazine groups is 1. The number of hydrogen-bond acceptors (Lipinski definition) is 5. The summed E-state index contributed by atoms with van der Waals surface area (Å²) >= 11 is 0. The Morgan fingerprint density at radius 3 is 2.83 bits per heavy atom. The zero-order valence-electron chi connectivity index (χ0n) is 11.3. The molecule has 0 amide bonds. The first-order valence-corrected chi connectivity index (χ1v) is 6.33. The predicted molar refractivity (Wildman–Crippen MR) is 71.4 cm³/mol. The topological polar surface area (TPSA) is 84.1 Å². The van der Waals surface area contributed by atoms with Crippen LogP contribution < -0.4 is 16.6 Å². The van der Waals surface area contributed by atoms with Gasteiger partial charge in [-0.05, 0) is 6.92 Å². The van der Waals surface area contributed by atoms with Crippen molar-refractivity contribution < 1.29 is 9.47 Å². The third-order valence-electron chi connectivity index (χ3n) is 2.73. The number of guanidine groups is 1. The molecule has 1 atom stereocenters. The van der Waals surface area contributed by atoms with Crippen molar-refractivity contribution in [3.8, 4) is 0 Å². The van der Waals surface area contributed by atoms with Gasteiger partial charge in [-0.2, -0.15) is 0 Å². The van der Waals surface area contributed by atoms with Crippen molar-refractivity contribution in [2.75, 3.05) is 53.1 Å². The van der Waals surface area contributed by atoms with Gasteiger partial charge in [-0.3, -0.25) is 15.3 Å². The molecule has 0 bridgehead atoms. The number of morpholine rings is 1. The summed E-state index contributed by atoms with van der Waals surface area (Å²) in [6, 6.07) is 0.174. The largest absolute Gasteiger partial charge is 0.383 e. The zero-order valence-corrected chi connectivity index (χ0v) is 11.3. The minimum Gasteiger partial charge on any atom is -0.383 e. The molecule has 4 N–H and O–H groups in total. The van der Waals surface area contributed by atoms with E-state index in [-0.39, 0.29) is 6.04 Å². The van der Waals surface area contributed by atoms with Gasteiger partial charge in [0.1, 0.15) is 0 Å². The second kappa shape index (κ2) is 9.09. The lowest BCUT2D eigenvalue weighted by molar-refractivity contribution is 0.0394. The fraction of sp³-hybridized carbons (Fsp3) is 0.909. The van der Waals surface area contributed by atoms with E-state index < -0.39 is 0 Å². The Morgan fingerprint density at radius 1 is 1.50 bits per heavy atom. The van der Waals surface area contributed by atoms with Gasteiger partial charge in [0.15, 0.2) is 0 Å². The Morgan fingerprint density at radius 2 is 2.22 bits per heavy atom. The van der Waals surface area contributed by atoms with Crippen LogP contribution in [0.1, 0.15) is 6.92 Å². The molecule has 0 aromatic carbocycles. The number of nitrogens with two attached hydrogens (primary N) is 1. The van der Waals surface area contributed by atoms with E-state index in [0.717, 1.165) is 32.8 Å². The van der Waals surface area contributed by atoms with Gasteiger partial charge in [-0.1, -0.05) is 0 Å². The highest BCUT2D eigenvalue weighted by Crippen LogP contribution is 1.95. The molecule has 106 valence electrons. The molecule has 1 aliphatic heterocycles. The van der Waals surface area contributed by atoms with Gasteiger partial charge >= 0.3 is 0 Å². The van der Waals surface area contributed by atoms with Crippen LogP contribution >= 0.6 is 0 Å².